The molecule has 0 bridgehead atoms. The number of aromatic amines is 1. The fraction of sp³-hybridized carbons (Fsp3) is 0.438. The van der Waals surface area contributed by atoms with Crippen molar-refractivity contribution in [1.29, 1.82) is 0 Å². The Labute approximate surface area is 136 Å². The normalized spacial score (nSPS) is 11.5. The fourth-order valence-corrected chi connectivity index (χ4v) is 2.12. The van der Waals surface area contributed by atoms with Crippen LogP contribution in [0.25, 0.3) is 0 Å². The van der Waals surface area contributed by atoms with Gasteiger partial charge in [-0.1, -0.05) is 39.3 Å². The first kappa shape index (κ1) is 16.4. The molecule has 22 heavy (non-hydrogen) atoms. The number of hydrogen-bond donors (Lipinski definition) is 1. The van der Waals surface area contributed by atoms with Crippen LogP contribution in [0.15, 0.2) is 29.4 Å². The number of benzene rings is 1. The molecule has 0 aliphatic heterocycles. The minimum absolute atomic E-state index is 0.244. The van der Waals surface area contributed by atoms with Gasteiger partial charge in [0.15, 0.2) is 5.82 Å². The van der Waals surface area contributed by atoms with Crippen molar-refractivity contribution in [2.75, 3.05) is 6.61 Å². The maximum atomic E-state index is 5.70. The average Bonchev–Trinajstić information content (AvgIpc) is 2.87. The molecule has 0 saturated heterocycles. The van der Waals surface area contributed by atoms with E-state index in [-0.39, 0.29) is 5.92 Å². The lowest BCUT2D eigenvalue weighted by molar-refractivity contribution is 0.309. The third-order valence-electron chi connectivity index (χ3n) is 3.14. The summed E-state index contributed by atoms with van der Waals surface area (Å²) in [6, 6.07) is 7.86. The predicted molar refractivity (Wildman–Crippen MR) is 91.3 cm³/mol. The molecule has 0 aliphatic rings. The number of aromatic nitrogens is 3. The second-order valence-corrected chi connectivity index (χ2v) is 5.76. The summed E-state index contributed by atoms with van der Waals surface area (Å²) in [6.07, 6.45) is 3.95. The summed E-state index contributed by atoms with van der Waals surface area (Å²) in [5, 5.41) is 11.4. The minimum atomic E-state index is 0.244. The summed E-state index contributed by atoms with van der Waals surface area (Å²) < 4.78 is 7.86. The molecule has 0 spiro atoms. The van der Waals surface area contributed by atoms with Crippen LogP contribution in [0.5, 0.6) is 5.75 Å². The summed E-state index contributed by atoms with van der Waals surface area (Å²) in [4.78, 5) is 0. The van der Waals surface area contributed by atoms with Crippen LogP contribution in [0.3, 0.4) is 0 Å². The Morgan fingerprint density at radius 1 is 1.45 bits per heavy atom. The van der Waals surface area contributed by atoms with Gasteiger partial charge in [0.25, 0.3) is 0 Å². The summed E-state index contributed by atoms with van der Waals surface area (Å²) >= 11 is 5.21. The van der Waals surface area contributed by atoms with E-state index in [1.165, 1.54) is 0 Å². The quantitative estimate of drug-likeness (QED) is 0.474. The van der Waals surface area contributed by atoms with Crippen LogP contribution in [0, 0.1) is 4.77 Å². The van der Waals surface area contributed by atoms with E-state index in [4.69, 9.17) is 17.0 Å². The summed E-state index contributed by atoms with van der Waals surface area (Å²) in [5.74, 6) is 1.92. The average molecular weight is 318 g/mol. The first-order valence-corrected chi connectivity index (χ1v) is 7.97. The Morgan fingerprint density at radius 3 is 3.00 bits per heavy atom. The van der Waals surface area contributed by atoms with Crippen molar-refractivity contribution in [3.63, 3.8) is 0 Å². The summed E-state index contributed by atoms with van der Waals surface area (Å²) in [6.45, 7) is 6.99. The van der Waals surface area contributed by atoms with Gasteiger partial charge in [-0.3, -0.25) is 5.10 Å². The number of unbranched alkanes of at least 4 members (excludes halogenated alkanes) is 1. The molecule has 1 N–H and O–H groups in total. The zero-order chi connectivity index (χ0) is 15.9. The van der Waals surface area contributed by atoms with Gasteiger partial charge in [-0.15, -0.1) is 0 Å². The molecule has 2 aromatic rings. The largest absolute Gasteiger partial charge is 0.494 e. The number of hydrogen-bond acceptors (Lipinski definition) is 4. The zero-order valence-corrected chi connectivity index (χ0v) is 14.1. The smallest absolute Gasteiger partial charge is 0.216 e. The molecule has 6 heteroatoms. The van der Waals surface area contributed by atoms with Crippen LogP contribution in [0.4, 0.5) is 0 Å². The fourth-order valence-electron chi connectivity index (χ4n) is 1.93. The highest BCUT2D eigenvalue weighted by Gasteiger charge is 2.08. The van der Waals surface area contributed by atoms with Gasteiger partial charge in [0.05, 0.1) is 12.8 Å². The molecule has 0 amide bonds. The maximum Gasteiger partial charge on any atom is 0.216 e. The van der Waals surface area contributed by atoms with Crippen LogP contribution in [0.1, 0.15) is 50.9 Å². The number of ether oxygens (including phenoxy) is 1. The molecule has 0 unspecified atom stereocenters. The lowest BCUT2D eigenvalue weighted by atomic mass is 10.2. The standard InChI is InChI=1S/C16H22N4OS/c1-4-5-9-21-14-8-6-7-13(10-14)11-17-20-15(12(2)3)18-19-16(20)22/h6-8,10-12H,4-5,9H2,1-3H3,(H,19,22)/b17-11-. The second kappa shape index (κ2) is 7.89. The summed E-state index contributed by atoms with van der Waals surface area (Å²) in [7, 11) is 0. The van der Waals surface area contributed by atoms with Gasteiger partial charge in [0, 0.05) is 5.92 Å². The van der Waals surface area contributed by atoms with Crippen LogP contribution >= 0.6 is 12.2 Å². The number of nitrogens with one attached hydrogen (secondary N) is 1. The molecule has 5 nitrogen and oxygen atoms in total. The van der Waals surface area contributed by atoms with Crippen molar-refractivity contribution in [3.8, 4) is 5.75 Å². The van der Waals surface area contributed by atoms with E-state index in [9.17, 15) is 0 Å². The number of H-pyrrole nitrogens is 1. The van der Waals surface area contributed by atoms with Crippen molar-refractivity contribution in [2.45, 2.75) is 39.5 Å². The lowest BCUT2D eigenvalue weighted by Crippen LogP contribution is -2.01. The molecule has 1 aromatic heterocycles. The Bertz CT molecular complexity index is 687. The SMILES string of the molecule is CCCCOc1cccc(/C=N\n2c(C(C)C)n[nH]c2=S)c1. The zero-order valence-electron chi connectivity index (χ0n) is 13.2. The number of nitrogens with zero attached hydrogens (tertiary/aromatic N) is 3. The van der Waals surface area contributed by atoms with Crippen molar-refractivity contribution in [1.82, 2.24) is 14.9 Å². The summed E-state index contributed by atoms with van der Waals surface area (Å²) in [5.41, 5.74) is 0.965. The Kier molecular flexibility index (Phi) is 5.89. The molecule has 0 radical (unpaired) electrons. The highest BCUT2D eigenvalue weighted by Crippen LogP contribution is 2.14. The van der Waals surface area contributed by atoms with Crippen LogP contribution in [-0.2, 0) is 0 Å². The van der Waals surface area contributed by atoms with Gasteiger partial charge in [0.2, 0.25) is 4.77 Å². The van der Waals surface area contributed by atoms with Crippen molar-refractivity contribution in [2.24, 2.45) is 5.10 Å². The maximum absolute atomic E-state index is 5.70. The molecular weight excluding hydrogens is 296 g/mol. The highest BCUT2D eigenvalue weighted by molar-refractivity contribution is 7.71. The minimum Gasteiger partial charge on any atom is -0.494 e. The molecule has 0 fully saturated rings. The van der Waals surface area contributed by atoms with E-state index < -0.39 is 0 Å². The van der Waals surface area contributed by atoms with Gasteiger partial charge in [-0.05, 0) is 36.3 Å². The Balaban J connectivity index is 2.15. The van der Waals surface area contributed by atoms with Crippen LogP contribution < -0.4 is 4.74 Å². The molecular formula is C16H22N4OS. The lowest BCUT2D eigenvalue weighted by Gasteiger charge is -2.06. The molecule has 1 heterocycles. The number of rotatable bonds is 7. The molecule has 1 aromatic carbocycles. The van der Waals surface area contributed by atoms with Crippen LogP contribution in [0.2, 0.25) is 0 Å². The van der Waals surface area contributed by atoms with E-state index in [1.54, 1.807) is 10.9 Å². The van der Waals surface area contributed by atoms with E-state index in [1.807, 2.05) is 24.3 Å². The van der Waals surface area contributed by atoms with E-state index in [2.05, 4.69) is 36.1 Å². The monoisotopic (exact) mass is 318 g/mol. The molecule has 0 atom stereocenters. The van der Waals surface area contributed by atoms with E-state index in [0.717, 1.165) is 36.6 Å². The van der Waals surface area contributed by atoms with E-state index in [0.29, 0.717) is 4.77 Å². The first-order valence-electron chi connectivity index (χ1n) is 7.56. The Morgan fingerprint density at radius 2 is 2.27 bits per heavy atom. The molecule has 118 valence electrons. The third-order valence-corrected chi connectivity index (χ3v) is 3.40. The second-order valence-electron chi connectivity index (χ2n) is 5.37. The molecule has 0 aliphatic carbocycles. The van der Waals surface area contributed by atoms with Gasteiger partial charge in [-0.25, -0.2) is 0 Å². The first-order chi connectivity index (χ1) is 10.6. The topological polar surface area (TPSA) is 55.2 Å². The van der Waals surface area contributed by atoms with Crippen molar-refractivity contribution < 1.29 is 4.74 Å². The third kappa shape index (κ3) is 4.27. The van der Waals surface area contributed by atoms with Gasteiger partial charge >= 0.3 is 0 Å². The van der Waals surface area contributed by atoms with Crippen molar-refractivity contribution >= 4 is 18.4 Å². The van der Waals surface area contributed by atoms with Crippen LogP contribution in [-0.4, -0.2) is 27.7 Å². The molecule has 2 rings (SSSR count). The van der Waals surface area contributed by atoms with Gasteiger partial charge < -0.3 is 4.74 Å². The van der Waals surface area contributed by atoms with Crippen molar-refractivity contribution in [3.05, 3.63) is 40.4 Å². The van der Waals surface area contributed by atoms with E-state index >= 15 is 0 Å². The highest BCUT2D eigenvalue weighted by atomic mass is 32.1. The van der Waals surface area contributed by atoms with Gasteiger partial charge in [-0.2, -0.15) is 14.9 Å². The molecule has 0 saturated carbocycles. The predicted octanol–water partition coefficient (Wildman–Crippen LogP) is 4.13. The van der Waals surface area contributed by atoms with Gasteiger partial charge in [0.1, 0.15) is 5.75 Å². The Hall–Kier alpha value is -1.95.